The maximum Gasteiger partial charge on any atom is 0.306 e. The van der Waals surface area contributed by atoms with Crippen molar-refractivity contribution in [1.29, 1.82) is 0 Å². The molecular formula is C56H98O6. The van der Waals surface area contributed by atoms with Crippen molar-refractivity contribution in [3.8, 4) is 0 Å². The molecular weight excluding hydrogens is 769 g/mol. The second kappa shape index (κ2) is 50.8. The second-order valence-corrected chi connectivity index (χ2v) is 17.4. The summed E-state index contributed by atoms with van der Waals surface area (Å²) in [6.45, 7) is 6.49. The molecule has 0 amide bonds. The average molecular weight is 867 g/mol. The predicted molar refractivity (Wildman–Crippen MR) is 265 cm³/mol. The molecule has 0 aromatic heterocycles. The molecule has 0 saturated heterocycles. The van der Waals surface area contributed by atoms with E-state index in [2.05, 4.69) is 81.5 Å². The maximum absolute atomic E-state index is 12.8. The third-order valence-electron chi connectivity index (χ3n) is 11.3. The van der Waals surface area contributed by atoms with E-state index in [0.717, 1.165) is 77.0 Å². The Bertz CT molecular complexity index is 1130. The first-order valence-corrected chi connectivity index (χ1v) is 26.3. The first kappa shape index (κ1) is 59.1. The zero-order chi connectivity index (χ0) is 45.1. The van der Waals surface area contributed by atoms with Gasteiger partial charge in [-0.15, -0.1) is 0 Å². The van der Waals surface area contributed by atoms with Crippen LogP contribution in [-0.4, -0.2) is 37.2 Å². The van der Waals surface area contributed by atoms with Crippen molar-refractivity contribution in [2.75, 3.05) is 13.2 Å². The maximum atomic E-state index is 12.8. The zero-order valence-corrected chi connectivity index (χ0v) is 40.9. The Morgan fingerprint density at radius 1 is 0.339 bits per heavy atom. The van der Waals surface area contributed by atoms with Gasteiger partial charge in [-0.3, -0.25) is 14.4 Å². The van der Waals surface area contributed by atoms with Crippen LogP contribution in [0.2, 0.25) is 0 Å². The minimum Gasteiger partial charge on any atom is -0.462 e. The molecule has 358 valence electrons. The fourth-order valence-electron chi connectivity index (χ4n) is 7.36. The summed E-state index contributed by atoms with van der Waals surface area (Å²) >= 11 is 0. The van der Waals surface area contributed by atoms with Gasteiger partial charge in [0.15, 0.2) is 6.10 Å². The third kappa shape index (κ3) is 48.1. The van der Waals surface area contributed by atoms with Crippen molar-refractivity contribution in [1.82, 2.24) is 0 Å². The summed E-state index contributed by atoms with van der Waals surface area (Å²) in [5.74, 6) is -0.941. The summed E-state index contributed by atoms with van der Waals surface area (Å²) in [7, 11) is 0. The van der Waals surface area contributed by atoms with Crippen LogP contribution >= 0.6 is 0 Å². The monoisotopic (exact) mass is 867 g/mol. The van der Waals surface area contributed by atoms with Crippen molar-refractivity contribution in [2.24, 2.45) is 0 Å². The highest BCUT2D eigenvalue weighted by Crippen LogP contribution is 2.16. The molecule has 0 aromatic carbocycles. The molecule has 6 nitrogen and oxygen atoms in total. The molecule has 0 saturated carbocycles. The fraction of sp³-hybridized carbons (Fsp3) is 0.768. The average Bonchev–Trinajstić information content (AvgIpc) is 3.27. The normalized spacial score (nSPS) is 12.5. The van der Waals surface area contributed by atoms with E-state index < -0.39 is 6.10 Å². The van der Waals surface area contributed by atoms with E-state index in [0.29, 0.717) is 19.3 Å². The van der Waals surface area contributed by atoms with Crippen LogP contribution in [0.15, 0.2) is 60.8 Å². The Morgan fingerprint density at radius 3 is 0.984 bits per heavy atom. The summed E-state index contributed by atoms with van der Waals surface area (Å²) in [6, 6.07) is 0. The van der Waals surface area contributed by atoms with Gasteiger partial charge < -0.3 is 14.2 Å². The Balaban J connectivity index is 4.44. The van der Waals surface area contributed by atoms with Crippen LogP contribution in [-0.2, 0) is 28.6 Å². The van der Waals surface area contributed by atoms with Crippen LogP contribution in [0, 0.1) is 0 Å². The molecule has 0 N–H and O–H groups in total. The van der Waals surface area contributed by atoms with Crippen molar-refractivity contribution in [3.63, 3.8) is 0 Å². The number of hydrogen-bond donors (Lipinski definition) is 0. The number of carbonyl (C=O) groups is 3. The molecule has 0 spiro atoms. The molecule has 0 unspecified atom stereocenters. The Kier molecular flexibility index (Phi) is 48.4. The molecule has 1 atom stereocenters. The summed E-state index contributed by atoms with van der Waals surface area (Å²) in [5.41, 5.74) is 0. The lowest BCUT2D eigenvalue weighted by atomic mass is 10.0. The highest BCUT2D eigenvalue weighted by molar-refractivity contribution is 5.71. The van der Waals surface area contributed by atoms with Gasteiger partial charge in [-0.25, -0.2) is 0 Å². The molecule has 0 rings (SSSR count). The van der Waals surface area contributed by atoms with Crippen LogP contribution in [0.3, 0.4) is 0 Å². The van der Waals surface area contributed by atoms with E-state index in [-0.39, 0.29) is 37.5 Å². The van der Waals surface area contributed by atoms with E-state index in [1.165, 1.54) is 135 Å². The van der Waals surface area contributed by atoms with Gasteiger partial charge in [0.1, 0.15) is 13.2 Å². The summed E-state index contributed by atoms with van der Waals surface area (Å²) in [5, 5.41) is 0. The Labute approximate surface area is 383 Å². The van der Waals surface area contributed by atoms with Crippen LogP contribution in [0.5, 0.6) is 0 Å². The van der Waals surface area contributed by atoms with Gasteiger partial charge in [0.25, 0.3) is 0 Å². The van der Waals surface area contributed by atoms with Gasteiger partial charge in [0, 0.05) is 19.3 Å². The van der Waals surface area contributed by atoms with E-state index in [9.17, 15) is 14.4 Å². The van der Waals surface area contributed by atoms with E-state index >= 15 is 0 Å². The lowest BCUT2D eigenvalue weighted by Gasteiger charge is -2.18. The molecule has 0 aliphatic carbocycles. The third-order valence-corrected chi connectivity index (χ3v) is 11.3. The standard InChI is InChI=1S/C56H98O6/c1-4-7-10-13-16-19-22-25-27-28-29-32-34-37-40-43-46-49-55(58)61-52-53(51-60-54(57)48-45-42-39-36-33-30-24-21-18-15-12-9-6-3)62-56(59)50-47-44-41-38-35-31-26-23-20-17-14-11-8-5-2/h7,10,16,19,25,27,29,32,37,40,53H,4-6,8-9,11-15,17-18,20-24,26,28,30-31,33-36,38-39,41-52H2,1-3H3/b10-7-,19-16-,27-25-,32-29-,40-37-/t53-/m1/s1. The minimum atomic E-state index is -0.792. The van der Waals surface area contributed by atoms with Crippen LogP contribution in [0.25, 0.3) is 0 Å². The van der Waals surface area contributed by atoms with Gasteiger partial charge >= 0.3 is 17.9 Å². The molecule has 0 aliphatic heterocycles. The fourth-order valence-corrected chi connectivity index (χ4v) is 7.36. The summed E-state index contributed by atoms with van der Waals surface area (Å²) in [6.07, 6.45) is 62.1. The quantitative estimate of drug-likeness (QED) is 0.0262. The summed E-state index contributed by atoms with van der Waals surface area (Å²) < 4.78 is 16.8. The first-order chi connectivity index (χ1) is 30.5. The molecule has 0 fully saturated rings. The van der Waals surface area contributed by atoms with Crippen molar-refractivity contribution < 1.29 is 28.6 Å². The number of unbranched alkanes of at least 4 members (excludes halogenated alkanes) is 26. The van der Waals surface area contributed by atoms with Gasteiger partial charge in [-0.05, 0) is 57.8 Å². The van der Waals surface area contributed by atoms with Crippen molar-refractivity contribution >= 4 is 17.9 Å². The number of rotatable bonds is 47. The highest BCUT2D eigenvalue weighted by atomic mass is 16.6. The second-order valence-electron chi connectivity index (χ2n) is 17.4. The van der Waals surface area contributed by atoms with E-state index in [1.807, 2.05) is 0 Å². The lowest BCUT2D eigenvalue weighted by Crippen LogP contribution is -2.30. The van der Waals surface area contributed by atoms with Gasteiger partial charge in [-0.1, -0.05) is 242 Å². The Hall–Kier alpha value is -2.89. The number of esters is 3. The number of carbonyl (C=O) groups excluding carboxylic acids is 3. The van der Waals surface area contributed by atoms with Crippen molar-refractivity contribution in [2.45, 2.75) is 264 Å². The molecule has 0 bridgehead atoms. The predicted octanol–water partition coefficient (Wildman–Crippen LogP) is 17.3. The van der Waals surface area contributed by atoms with Crippen LogP contribution in [0.4, 0.5) is 0 Å². The van der Waals surface area contributed by atoms with Crippen molar-refractivity contribution in [3.05, 3.63) is 60.8 Å². The van der Waals surface area contributed by atoms with E-state index in [1.54, 1.807) is 0 Å². The molecule has 0 heterocycles. The number of ether oxygens (including phenoxy) is 3. The van der Waals surface area contributed by atoms with Crippen LogP contribution < -0.4 is 0 Å². The molecule has 6 heteroatoms. The minimum absolute atomic E-state index is 0.0882. The molecule has 0 aromatic rings. The van der Waals surface area contributed by atoms with Gasteiger partial charge in [0.2, 0.25) is 0 Å². The largest absolute Gasteiger partial charge is 0.462 e. The molecule has 62 heavy (non-hydrogen) atoms. The molecule has 0 aliphatic rings. The van der Waals surface area contributed by atoms with Gasteiger partial charge in [-0.2, -0.15) is 0 Å². The number of hydrogen-bond acceptors (Lipinski definition) is 6. The lowest BCUT2D eigenvalue weighted by molar-refractivity contribution is -0.167. The smallest absolute Gasteiger partial charge is 0.306 e. The highest BCUT2D eigenvalue weighted by Gasteiger charge is 2.19. The zero-order valence-electron chi connectivity index (χ0n) is 40.9. The SMILES string of the molecule is CC/C=C\C/C=C\C/C=C\C/C=C\C/C=C\CCCC(=O)OC[C@@H](COC(=O)CCCCCCCCCCCCCCC)OC(=O)CCCCCCCCCCCCCCCC. The summed E-state index contributed by atoms with van der Waals surface area (Å²) in [4.78, 5) is 38.0. The van der Waals surface area contributed by atoms with Gasteiger partial charge in [0.05, 0.1) is 0 Å². The Morgan fingerprint density at radius 2 is 0.629 bits per heavy atom. The number of allylic oxidation sites excluding steroid dienone is 10. The topological polar surface area (TPSA) is 78.9 Å². The molecule has 0 radical (unpaired) electrons. The first-order valence-electron chi connectivity index (χ1n) is 26.3. The van der Waals surface area contributed by atoms with Crippen LogP contribution in [0.1, 0.15) is 258 Å². The van der Waals surface area contributed by atoms with E-state index in [4.69, 9.17) is 14.2 Å².